The third-order valence-electron chi connectivity index (χ3n) is 4.90. The lowest BCUT2D eigenvalue weighted by atomic mass is 10.1. The zero-order chi connectivity index (χ0) is 23.3. The molecule has 0 fully saturated rings. The minimum absolute atomic E-state index is 0.00744. The van der Waals surface area contributed by atoms with Gasteiger partial charge in [-0.1, -0.05) is 12.1 Å². The summed E-state index contributed by atoms with van der Waals surface area (Å²) in [6, 6.07) is 9.46. The number of ether oxygens (including phenoxy) is 3. The van der Waals surface area contributed by atoms with Crippen LogP contribution in [0.1, 0.15) is 17.4 Å². The molecule has 0 atom stereocenters. The summed E-state index contributed by atoms with van der Waals surface area (Å²) in [7, 11) is 4.77. The number of benzene rings is 1. The van der Waals surface area contributed by atoms with Crippen molar-refractivity contribution in [2.24, 2.45) is 0 Å². The van der Waals surface area contributed by atoms with E-state index in [0.717, 1.165) is 10.4 Å². The van der Waals surface area contributed by atoms with Crippen LogP contribution < -0.4 is 14.8 Å². The molecule has 0 aliphatic heterocycles. The van der Waals surface area contributed by atoms with E-state index < -0.39 is 0 Å². The Balaban J connectivity index is 2.12. The fourth-order valence-electron chi connectivity index (χ4n) is 3.16. The van der Waals surface area contributed by atoms with Crippen LogP contribution in [0.25, 0.3) is 0 Å². The highest BCUT2D eigenvalue weighted by atomic mass is 32.1. The summed E-state index contributed by atoms with van der Waals surface area (Å²) in [6.45, 7) is 4.05. The molecule has 2 rings (SSSR count). The fourth-order valence-corrected chi connectivity index (χ4v) is 3.88. The summed E-state index contributed by atoms with van der Waals surface area (Å²) in [4.78, 5) is 30.0. The van der Waals surface area contributed by atoms with Crippen molar-refractivity contribution in [3.63, 3.8) is 0 Å². The third-order valence-corrected chi connectivity index (χ3v) is 5.77. The molecule has 0 saturated heterocycles. The number of carbonyl (C=O) groups excluding carboxylic acids is 2. The molecule has 32 heavy (non-hydrogen) atoms. The molecule has 0 bridgehead atoms. The quantitative estimate of drug-likeness (QED) is 0.494. The lowest BCUT2D eigenvalue weighted by Gasteiger charge is -2.27. The van der Waals surface area contributed by atoms with Gasteiger partial charge in [0.1, 0.15) is 6.54 Å². The van der Waals surface area contributed by atoms with Gasteiger partial charge in [-0.2, -0.15) is 0 Å². The van der Waals surface area contributed by atoms with Crippen molar-refractivity contribution in [1.82, 2.24) is 15.1 Å². The standard InChI is InChI=1S/C23H33N3O5S/c1-5-24-23(28)26(12-13-29-2)17-22(27)25(16-19-7-6-14-32-19)11-10-18-8-9-20(30-3)21(15-18)31-4/h6-9,14-15H,5,10-13,16-17H2,1-4H3,(H,24,28). The molecular weight excluding hydrogens is 430 g/mol. The van der Waals surface area contributed by atoms with Crippen molar-refractivity contribution in [3.8, 4) is 11.5 Å². The third kappa shape index (κ3) is 7.72. The maximum absolute atomic E-state index is 13.2. The highest BCUT2D eigenvalue weighted by Crippen LogP contribution is 2.27. The molecule has 1 aromatic carbocycles. The van der Waals surface area contributed by atoms with Crippen LogP contribution in [-0.2, 0) is 22.5 Å². The monoisotopic (exact) mass is 463 g/mol. The molecule has 9 heteroatoms. The molecule has 0 unspecified atom stereocenters. The summed E-state index contributed by atoms with van der Waals surface area (Å²) >= 11 is 1.61. The van der Waals surface area contributed by atoms with Gasteiger partial charge in [-0.05, 0) is 42.5 Å². The SMILES string of the molecule is CCNC(=O)N(CCOC)CC(=O)N(CCc1ccc(OC)c(OC)c1)Cc1cccs1. The van der Waals surface area contributed by atoms with E-state index in [9.17, 15) is 9.59 Å². The molecule has 3 amide bonds. The minimum atomic E-state index is -0.270. The number of urea groups is 1. The van der Waals surface area contributed by atoms with Crippen LogP contribution in [0, 0.1) is 0 Å². The Morgan fingerprint density at radius 2 is 1.81 bits per heavy atom. The summed E-state index contributed by atoms with van der Waals surface area (Å²) < 4.78 is 15.8. The van der Waals surface area contributed by atoms with E-state index in [-0.39, 0.29) is 18.5 Å². The Labute approximate surface area is 194 Å². The van der Waals surface area contributed by atoms with Crippen molar-refractivity contribution < 1.29 is 23.8 Å². The molecule has 0 spiro atoms. The van der Waals surface area contributed by atoms with Gasteiger partial charge in [0.15, 0.2) is 11.5 Å². The van der Waals surface area contributed by atoms with Crippen LogP contribution in [-0.4, -0.2) is 75.9 Å². The average Bonchev–Trinajstić information content (AvgIpc) is 3.32. The van der Waals surface area contributed by atoms with Crippen LogP contribution in [0.2, 0.25) is 0 Å². The van der Waals surface area contributed by atoms with Crippen LogP contribution in [0.5, 0.6) is 11.5 Å². The second-order valence-electron chi connectivity index (χ2n) is 7.08. The largest absolute Gasteiger partial charge is 0.493 e. The number of hydrogen-bond acceptors (Lipinski definition) is 6. The highest BCUT2D eigenvalue weighted by Gasteiger charge is 2.21. The van der Waals surface area contributed by atoms with Crippen LogP contribution >= 0.6 is 11.3 Å². The molecule has 0 aliphatic rings. The molecule has 1 aromatic heterocycles. The first-order valence-electron chi connectivity index (χ1n) is 10.5. The second kappa shape index (κ2) is 13.6. The van der Waals surface area contributed by atoms with Crippen molar-refractivity contribution in [3.05, 3.63) is 46.2 Å². The molecule has 176 valence electrons. The van der Waals surface area contributed by atoms with Crippen molar-refractivity contribution in [2.45, 2.75) is 19.9 Å². The van der Waals surface area contributed by atoms with E-state index >= 15 is 0 Å². The summed E-state index contributed by atoms with van der Waals surface area (Å²) in [5.74, 6) is 1.21. The summed E-state index contributed by atoms with van der Waals surface area (Å²) in [5.41, 5.74) is 1.03. The normalized spacial score (nSPS) is 10.5. The first-order chi connectivity index (χ1) is 15.5. The number of methoxy groups -OCH3 is 3. The lowest BCUT2D eigenvalue weighted by molar-refractivity contribution is -0.132. The summed E-state index contributed by atoms with van der Waals surface area (Å²) in [5, 5.41) is 4.75. The molecule has 8 nitrogen and oxygen atoms in total. The van der Waals surface area contributed by atoms with E-state index in [1.54, 1.807) is 37.6 Å². The maximum atomic E-state index is 13.2. The molecular formula is C23H33N3O5S. The number of nitrogens with one attached hydrogen (secondary N) is 1. The molecule has 1 N–H and O–H groups in total. The van der Waals surface area contributed by atoms with Gasteiger partial charge in [0.2, 0.25) is 5.91 Å². The predicted molar refractivity (Wildman–Crippen MR) is 126 cm³/mol. The Morgan fingerprint density at radius 3 is 2.44 bits per heavy atom. The fraction of sp³-hybridized carbons (Fsp3) is 0.478. The van der Waals surface area contributed by atoms with E-state index in [2.05, 4.69) is 5.32 Å². The minimum Gasteiger partial charge on any atom is -0.493 e. The van der Waals surface area contributed by atoms with Gasteiger partial charge in [0.05, 0.1) is 27.4 Å². The van der Waals surface area contributed by atoms with Crippen LogP contribution in [0.15, 0.2) is 35.7 Å². The van der Waals surface area contributed by atoms with Gasteiger partial charge in [-0.15, -0.1) is 11.3 Å². The molecule has 2 aromatic rings. The van der Waals surface area contributed by atoms with Gasteiger partial charge < -0.3 is 29.3 Å². The van der Waals surface area contributed by atoms with E-state index in [4.69, 9.17) is 14.2 Å². The van der Waals surface area contributed by atoms with Crippen LogP contribution in [0.4, 0.5) is 4.79 Å². The number of carbonyl (C=O) groups is 2. The number of amides is 3. The van der Waals surface area contributed by atoms with E-state index in [1.807, 2.05) is 42.6 Å². The lowest BCUT2D eigenvalue weighted by Crippen LogP contribution is -2.48. The Kier molecular flexibility index (Phi) is 10.8. The average molecular weight is 464 g/mol. The predicted octanol–water partition coefficient (Wildman–Crippen LogP) is 3.01. The Hall–Kier alpha value is -2.78. The van der Waals surface area contributed by atoms with Gasteiger partial charge in [0.25, 0.3) is 0 Å². The number of nitrogens with zero attached hydrogens (tertiary/aromatic N) is 2. The molecule has 0 saturated carbocycles. The van der Waals surface area contributed by atoms with Gasteiger partial charge >= 0.3 is 6.03 Å². The summed E-state index contributed by atoms with van der Waals surface area (Å²) in [6.07, 6.45) is 0.650. The molecule has 0 aliphatic carbocycles. The first-order valence-corrected chi connectivity index (χ1v) is 11.4. The zero-order valence-electron chi connectivity index (χ0n) is 19.3. The van der Waals surface area contributed by atoms with Crippen LogP contribution in [0.3, 0.4) is 0 Å². The number of hydrogen-bond donors (Lipinski definition) is 1. The topological polar surface area (TPSA) is 80.3 Å². The van der Waals surface area contributed by atoms with Crippen molar-refractivity contribution >= 4 is 23.3 Å². The number of rotatable bonds is 13. The highest BCUT2D eigenvalue weighted by molar-refractivity contribution is 7.09. The second-order valence-corrected chi connectivity index (χ2v) is 8.12. The van der Waals surface area contributed by atoms with Gasteiger partial charge in [0, 0.05) is 31.6 Å². The Morgan fingerprint density at radius 1 is 1.03 bits per heavy atom. The number of thiophene rings is 1. The maximum Gasteiger partial charge on any atom is 0.317 e. The van der Waals surface area contributed by atoms with Gasteiger partial charge in [-0.25, -0.2) is 4.79 Å². The smallest absolute Gasteiger partial charge is 0.317 e. The van der Waals surface area contributed by atoms with Crippen molar-refractivity contribution in [1.29, 1.82) is 0 Å². The van der Waals surface area contributed by atoms with E-state index in [1.165, 1.54) is 4.90 Å². The molecule has 1 heterocycles. The zero-order valence-corrected chi connectivity index (χ0v) is 20.1. The van der Waals surface area contributed by atoms with Gasteiger partial charge in [-0.3, -0.25) is 4.79 Å². The van der Waals surface area contributed by atoms with Crippen molar-refractivity contribution in [2.75, 3.05) is 54.1 Å². The van der Waals surface area contributed by atoms with E-state index in [0.29, 0.717) is 50.7 Å². The molecule has 0 radical (unpaired) electrons. The first kappa shape index (κ1) is 25.5. The Bertz CT molecular complexity index is 844.